The molecule has 0 radical (unpaired) electrons. The third-order valence-corrected chi connectivity index (χ3v) is 4.01. The highest BCUT2D eigenvalue weighted by atomic mass is 16.5. The van der Waals surface area contributed by atoms with E-state index < -0.39 is 0 Å². The SMILES string of the molecule is CN(Cc1cnn(C)c1)C(=O)NC1CCCOc2ccccc21. The van der Waals surface area contributed by atoms with Crippen LogP contribution in [0, 0.1) is 0 Å². The number of nitrogens with zero attached hydrogens (tertiary/aromatic N) is 3. The second-order valence-corrected chi connectivity index (χ2v) is 5.91. The molecule has 0 aliphatic carbocycles. The number of amides is 2. The molecule has 1 aliphatic heterocycles. The van der Waals surface area contributed by atoms with E-state index in [0.29, 0.717) is 13.2 Å². The van der Waals surface area contributed by atoms with Gasteiger partial charge < -0.3 is 15.0 Å². The average molecular weight is 314 g/mol. The minimum absolute atomic E-state index is 0.0162. The average Bonchev–Trinajstić information content (AvgIpc) is 2.84. The standard InChI is InChI=1S/C17H22N4O2/c1-20(11-13-10-18-21(2)12-13)17(22)19-15-7-5-9-23-16-8-4-3-6-14(15)16/h3-4,6,8,10,12,15H,5,7,9,11H2,1-2H3,(H,19,22). The summed E-state index contributed by atoms with van der Waals surface area (Å²) in [7, 11) is 3.66. The maximum Gasteiger partial charge on any atom is 0.317 e. The summed E-state index contributed by atoms with van der Waals surface area (Å²) in [5.74, 6) is 0.866. The minimum Gasteiger partial charge on any atom is -0.493 e. The number of para-hydroxylation sites is 1. The minimum atomic E-state index is -0.0874. The van der Waals surface area contributed by atoms with Gasteiger partial charge in [0.15, 0.2) is 0 Å². The Morgan fingerprint density at radius 3 is 3.09 bits per heavy atom. The van der Waals surface area contributed by atoms with Crippen molar-refractivity contribution in [1.29, 1.82) is 0 Å². The van der Waals surface area contributed by atoms with E-state index in [1.807, 2.05) is 37.5 Å². The first-order chi connectivity index (χ1) is 11.1. The van der Waals surface area contributed by atoms with Crippen molar-refractivity contribution in [3.8, 4) is 5.75 Å². The van der Waals surface area contributed by atoms with E-state index in [0.717, 1.165) is 29.7 Å². The van der Waals surface area contributed by atoms with Crippen molar-refractivity contribution >= 4 is 6.03 Å². The van der Waals surface area contributed by atoms with Crippen molar-refractivity contribution in [3.63, 3.8) is 0 Å². The Hall–Kier alpha value is -2.50. The summed E-state index contributed by atoms with van der Waals surface area (Å²) >= 11 is 0. The van der Waals surface area contributed by atoms with Crippen LogP contribution < -0.4 is 10.1 Å². The van der Waals surface area contributed by atoms with Gasteiger partial charge in [0.1, 0.15) is 5.75 Å². The lowest BCUT2D eigenvalue weighted by Crippen LogP contribution is -2.38. The fourth-order valence-corrected chi connectivity index (χ4v) is 2.83. The predicted octanol–water partition coefficient (Wildman–Crippen LogP) is 2.48. The van der Waals surface area contributed by atoms with Crippen LogP contribution in [0.4, 0.5) is 4.79 Å². The van der Waals surface area contributed by atoms with Gasteiger partial charge in [0, 0.05) is 31.4 Å². The van der Waals surface area contributed by atoms with Gasteiger partial charge in [0.2, 0.25) is 0 Å². The van der Waals surface area contributed by atoms with Crippen LogP contribution in [0.3, 0.4) is 0 Å². The highest BCUT2D eigenvalue weighted by molar-refractivity contribution is 5.74. The fourth-order valence-electron chi connectivity index (χ4n) is 2.83. The molecule has 1 aromatic heterocycles. The lowest BCUT2D eigenvalue weighted by atomic mass is 10.0. The zero-order valence-corrected chi connectivity index (χ0v) is 13.5. The molecule has 3 rings (SSSR count). The van der Waals surface area contributed by atoms with Crippen LogP contribution in [-0.2, 0) is 13.6 Å². The Morgan fingerprint density at radius 1 is 1.48 bits per heavy atom. The zero-order valence-electron chi connectivity index (χ0n) is 13.5. The molecule has 122 valence electrons. The van der Waals surface area contributed by atoms with Crippen molar-refractivity contribution in [2.45, 2.75) is 25.4 Å². The predicted molar refractivity (Wildman–Crippen MR) is 87.1 cm³/mol. The van der Waals surface area contributed by atoms with Gasteiger partial charge in [0.25, 0.3) is 0 Å². The van der Waals surface area contributed by atoms with Gasteiger partial charge in [-0.25, -0.2) is 4.79 Å². The van der Waals surface area contributed by atoms with E-state index >= 15 is 0 Å². The topological polar surface area (TPSA) is 59.4 Å². The molecule has 1 aliphatic rings. The van der Waals surface area contributed by atoms with Gasteiger partial charge in [-0.1, -0.05) is 18.2 Å². The van der Waals surface area contributed by atoms with E-state index in [4.69, 9.17) is 4.74 Å². The molecular formula is C17H22N4O2. The molecule has 0 bridgehead atoms. The number of aryl methyl sites for hydroxylation is 1. The third kappa shape index (κ3) is 3.64. The lowest BCUT2D eigenvalue weighted by molar-refractivity contribution is 0.202. The maximum atomic E-state index is 12.5. The van der Waals surface area contributed by atoms with Gasteiger partial charge in [-0.3, -0.25) is 4.68 Å². The molecule has 6 nitrogen and oxygen atoms in total. The summed E-state index contributed by atoms with van der Waals surface area (Å²) < 4.78 is 7.48. The number of urea groups is 1. The van der Waals surface area contributed by atoms with Gasteiger partial charge >= 0.3 is 6.03 Å². The maximum absolute atomic E-state index is 12.5. The molecule has 0 saturated carbocycles. The molecule has 2 amide bonds. The summed E-state index contributed by atoms with van der Waals surface area (Å²) in [4.78, 5) is 14.2. The largest absolute Gasteiger partial charge is 0.493 e. The molecule has 1 unspecified atom stereocenters. The molecule has 2 heterocycles. The second-order valence-electron chi connectivity index (χ2n) is 5.91. The van der Waals surface area contributed by atoms with Gasteiger partial charge in [0.05, 0.1) is 25.4 Å². The number of rotatable bonds is 3. The van der Waals surface area contributed by atoms with Crippen LogP contribution in [0.25, 0.3) is 0 Å². The number of carbonyl (C=O) groups is 1. The molecular weight excluding hydrogens is 292 g/mol. The summed E-state index contributed by atoms with van der Waals surface area (Å²) in [6, 6.07) is 7.81. The first kappa shape index (κ1) is 15.4. The second kappa shape index (κ2) is 6.73. The van der Waals surface area contributed by atoms with Crippen molar-refractivity contribution < 1.29 is 9.53 Å². The smallest absolute Gasteiger partial charge is 0.317 e. The Kier molecular flexibility index (Phi) is 4.50. The van der Waals surface area contributed by atoms with Crippen LogP contribution in [0.2, 0.25) is 0 Å². The lowest BCUT2D eigenvalue weighted by Gasteiger charge is -2.23. The highest BCUT2D eigenvalue weighted by Gasteiger charge is 2.22. The Morgan fingerprint density at radius 2 is 2.30 bits per heavy atom. The van der Waals surface area contributed by atoms with E-state index in [9.17, 15) is 4.79 Å². The Bertz CT molecular complexity index is 683. The number of nitrogens with one attached hydrogen (secondary N) is 1. The first-order valence-electron chi connectivity index (χ1n) is 7.84. The van der Waals surface area contributed by atoms with Crippen molar-refractivity contribution in [2.75, 3.05) is 13.7 Å². The Labute approximate surface area is 136 Å². The molecule has 0 spiro atoms. The van der Waals surface area contributed by atoms with Crippen LogP contribution in [0.1, 0.15) is 30.0 Å². The zero-order chi connectivity index (χ0) is 16.2. The molecule has 0 saturated heterocycles. The number of ether oxygens (including phenoxy) is 1. The Balaban J connectivity index is 1.67. The number of carbonyl (C=O) groups excluding carboxylic acids is 1. The molecule has 1 N–H and O–H groups in total. The van der Waals surface area contributed by atoms with E-state index in [2.05, 4.69) is 10.4 Å². The third-order valence-electron chi connectivity index (χ3n) is 4.01. The quantitative estimate of drug-likeness (QED) is 0.947. The van der Waals surface area contributed by atoms with Crippen molar-refractivity contribution in [2.24, 2.45) is 7.05 Å². The van der Waals surface area contributed by atoms with Gasteiger partial charge in [-0.15, -0.1) is 0 Å². The normalized spacial score (nSPS) is 16.9. The van der Waals surface area contributed by atoms with Crippen molar-refractivity contribution in [1.82, 2.24) is 20.0 Å². The molecule has 1 atom stereocenters. The first-order valence-corrected chi connectivity index (χ1v) is 7.84. The molecule has 0 fully saturated rings. The number of fused-ring (bicyclic) bond motifs is 1. The molecule has 6 heteroatoms. The summed E-state index contributed by atoms with van der Waals surface area (Å²) in [5.41, 5.74) is 2.06. The number of benzene rings is 1. The van der Waals surface area contributed by atoms with E-state index in [1.54, 1.807) is 22.8 Å². The summed E-state index contributed by atoms with van der Waals surface area (Å²) in [5, 5.41) is 7.25. The van der Waals surface area contributed by atoms with Crippen molar-refractivity contribution in [3.05, 3.63) is 47.8 Å². The van der Waals surface area contributed by atoms with Crippen LogP contribution in [0.15, 0.2) is 36.7 Å². The summed E-state index contributed by atoms with van der Waals surface area (Å²) in [6.45, 7) is 1.22. The van der Waals surface area contributed by atoms with Gasteiger partial charge in [-0.2, -0.15) is 5.10 Å². The van der Waals surface area contributed by atoms with Crippen LogP contribution >= 0.6 is 0 Å². The van der Waals surface area contributed by atoms with E-state index in [1.165, 1.54) is 0 Å². The monoisotopic (exact) mass is 314 g/mol. The highest BCUT2D eigenvalue weighted by Crippen LogP contribution is 2.31. The van der Waals surface area contributed by atoms with Crippen LogP contribution in [-0.4, -0.2) is 34.4 Å². The summed E-state index contributed by atoms with van der Waals surface area (Å²) in [6.07, 6.45) is 5.49. The molecule has 2 aromatic rings. The van der Waals surface area contributed by atoms with Gasteiger partial charge in [-0.05, 0) is 18.9 Å². The number of hydrogen-bond donors (Lipinski definition) is 1. The number of hydrogen-bond acceptors (Lipinski definition) is 3. The fraction of sp³-hybridized carbons (Fsp3) is 0.412. The van der Waals surface area contributed by atoms with E-state index in [-0.39, 0.29) is 12.1 Å². The molecule has 23 heavy (non-hydrogen) atoms. The molecule has 1 aromatic carbocycles. The number of aromatic nitrogens is 2. The van der Waals surface area contributed by atoms with Crippen LogP contribution in [0.5, 0.6) is 5.75 Å².